The maximum atomic E-state index is 13.5. The number of ether oxygens (including phenoxy) is 1. The predicted octanol–water partition coefficient (Wildman–Crippen LogP) is 4.74. The van der Waals surface area contributed by atoms with Crippen LogP contribution in [0.2, 0.25) is 0 Å². The minimum atomic E-state index is -4.59. The van der Waals surface area contributed by atoms with Crippen LogP contribution < -0.4 is 15.0 Å². The molecule has 0 spiro atoms. The lowest BCUT2D eigenvalue weighted by Crippen LogP contribution is -2.53. The van der Waals surface area contributed by atoms with Crippen LogP contribution in [0.4, 0.5) is 32.2 Å². The van der Waals surface area contributed by atoms with Crippen LogP contribution >= 0.6 is 0 Å². The average molecular weight is 489 g/mol. The van der Waals surface area contributed by atoms with Crippen LogP contribution in [0.25, 0.3) is 0 Å². The number of nitrogens with zero attached hydrogens (tertiary/aromatic N) is 2. The van der Waals surface area contributed by atoms with Crippen LogP contribution in [0.15, 0.2) is 36.5 Å². The molecule has 0 amide bonds. The number of aliphatic hydroxyl groups is 1. The molecule has 186 valence electrons. The molecular weight excluding hydrogens is 464 g/mol. The van der Waals surface area contributed by atoms with E-state index in [0.717, 1.165) is 24.6 Å². The zero-order valence-electron chi connectivity index (χ0n) is 18.4. The summed E-state index contributed by atoms with van der Waals surface area (Å²) in [6.45, 7) is 2.80. The number of alkyl halides is 6. The van der Waals surface area contributed by atoms with E-state index >= 15 is 0 Å². The van der Waals surface area contributed by atoms with Crippen LogP contribution in [-0.2, 0) is 18.0 Å². The van der Waals surface area contributed by atoms with Crippen LogP contribution in [0.3, 0.4) is 0 Å². The van der Waals surface area contributed by atoms with Crippen LogP contribution in [0.5, 0.6) is 5.75 Å². The van der Waals surface area contributed by atoms with Gasteiger partial charge in [-0.2, -0.15) is 26.3 Å². The number of pyridine rings is 1. The zero-order valence-corrected chi connectivity index (χ0v) is 18.4. The topological polar surface area (TPSA) is 57.6 Å². The Morgan fingerprint density at radius 3 is 2.32 bits per heavy atom. The van der Waals surface area contributed by atoms with Crippen molar-refractivity contribution in [3.63, 3.8) is 0 Å². The Balaban J connectivity index is 1.47. The molecule has 2 aliphatic rings. The summed E-state index contributed by atoms with van der Waals surface area (Å²) >= 11 is 0. The van der Waals surface area contributed by atoms with Crippen molar-refractivity contribution < 1.29 is 36.2 Å². The highest BCUT2D eigenvalue weighted by atomic mass is 19.4. The van der Waals surface area contributed by atoms with E-state index in [0.29, 0.717) is 18.7 Å². The normalized spacial score (nSPS) is 25.7. The standard InChI is InChI=1S/C23H25F6N3O2/c1-14-10-21(33,15-3-5-16(6-4-15)22(24,25)26)11-17(31-14)13-34-18-9-19(23(27,28)29)20(30-12-18)32-7-2-8-32/h3-6,9,12,14,17,31,33H,2,7-8,10-11,13H2,1H3/t14-,17-,21-/m0/s1. The second-order valence-corrected chi connectivity index (χ2v) is 8.97. The van der Waals surface area contributed by atoms with Gasteiger partial charge in [-0.1, -0.05) is 12.1 Å². The van der Waals surface area contributed by atoms with Gasteiger partial charge in [0, 0.05) is 25.2 Å². The molecule has 34 heavy (non-hydrogen) atoms. The van der Waals surface area contributed by atoms with E-state index < -0.39 is 35.1 Å². The van der Waals surface area contributed by atoms with Crippen LogP contribution in [0.1, 0.15) is 42.9 Å². The van der Waals surface area contributed by atoms with E-state index in [4.69, 9.17) is 4.74 Å². The fourth-order valence-corrected chi connectivity index (χ4v) is 4.53. The minimum absolute atomic E-state index is 0.0463. The lowest BCUT2D eigenvalue weighted by Gasteiger charge is -2.41. The van der Waals surface area contributed by atoms with Gasteiger partial charge in [0.05, 0.1) is 17.4 Å². The summed E-state index contributed by atoms with van der Waals surface area (Å²) in [6, 6.07) is 4.65. The van der Waals surface area contributed by atoms with E-state index in [-0.39, 0.29) is 37.1 Å². The third-order valence-electron chi connectivity index (χ3n) is 6.25. The van der Waals surface area contributed by atoms with E-state index in [1.165, 1.54) is 18.3 Å². The summed E-state index contributed by atoms with van der Waals surface area (Å²) in [5, 5.41) is 14.4. The van der Waals surface area contributed by atoms with Gasteiger partial charge in [-0.3, -0.25) is 0 Å². The summed E-state index contributed by atoms with van der Waals surface area (Å²) in [7, 11) is 0. The third kappa shape index (κ3) is 5.25. The number of rotatable bonds is 5. The number of hydrogen-bond donors (Lipinski definition) is 2. The monoisotopic (exact) mass is 489 g/mol. The summed E-state index contributed by atoms with van der Waals surface area (Å²) < 4.78 is 84.9. The second-order valence-electron chi connectivity index (χ2n) is 8.97. The molecule has 2 aromatic rings. The molecule has 4 rings (SSSR count). The largest absolute Gasteiger partial charge is 0.490 e. The smallest absolute Gasteiger partial charge is 0.420 e. The van der Waals surface area contributed by atoms with E-state index in [2.05, 4.69) is 10.3 Å². The summed E-state index contributed by atoms with van der Waals surface area (Å²) in [5.41, 5.74) is -2.73. The van der Waals surface area contributed by atoms with Gasteiger partial charge in [0.1, 0.15) is 23.7 Å². The van der Waals surface area contributed by atoms with E-state index in [9.17, 15) is 31.4 Å². The summed E-state index contributed by atoms with van der Waals surface area (Å²) in [5.74, 6) is -0.165. The quantitative estimate of drug-likeness (QED) is 0.595. The lowest BCUT2D eigenvalue weighted by molar-refractivity contribution is -0.138. The van der Waals surface area contributed by atoms with Gasteiger partial charge >= 0.3 is 12.4 Å². The molecule has 2 saturated heterocycles. The summed E-state index contributed by atoms with van der Waals surface area (Å²) in [6.07, 6.45) is -6.62. The summed E-state index contributed by atoms with van der Waals surface area (Å²) in [4.78, 5) is 5.53. The van der Waals surface area contributed by atoms with Gasteiger partial charge in [-0.05, 0) is 49.9 Å². The fourth-order valence-electron chi connectivity index (χ4n) is 4.53. The van der Waals surface area contributed by atoms with Crippen molar-refractivity contribution in [1.82, 2.24) is 10.3 Å². The first-order chi connectivity index (χ1) is 15.8. The Morgan fingerprint density at radius 1 is 1.09 bits per heavy atom. The molecule has 0 radical (unpaired) electrons. The molecule has 1 aromatic heterocycles. The molecule has 0 saturated carbocycles. The van der Waals surface area contributed by atoms with Gasteiger partial charge in [0.2, 0.25) is 0 Å². The number of benzene rings is 1. The first-order valence-electron chi connectivity index (χ1n) is 11.0. The average Bonchev–Trinajstić information content (AvgIpc) is 2.70. The van der Waals surface area contributed by atoms with Crippen molar-refractivity contribution in [2.24, 2.45) is 0 Å². The van der Waals surface area contributed by atoms with Crippen molar-refractivity contribution in [3.05, 3.63) is 53.2 Å². The number of nitrogens with one attached hydrogen (secondary N) is 1. The molecule has 2 N–H and O–H groups in total. The number of aromatic nitrogens is 1. The highest BCUT2D eigenvalue weighted by molar-refractivity contribution is 5.52. The molecule has 1 aromatic carbocycles. The maximum absolute atomic E-state index is 13.5. The van der Waals surface area contributed by atoms with Crippen molar-refractivity contribution in [2.75, 3.05) is 24.6 Å². The number of anilines is 1. The van der Waals surface area contributed by atoms with Crippen molar-refractivity contribution in [3.8, 4) is 5.75 Å². The Hall–Kier alpha value is -2.53. The molecule has 0 unspecified atom stereocenters. The van der Waals surface area contributed by atoms with Crippen LogP contribution in [0, 0.1) is 0 Å². The first-order valence-corrected chi connectivity index (χ1v) is 11.0. The van der Waals surface area contributed by atoms with E-state index in [1.807, 2.05) is 6.92 Å². The Bertz CT molecular complexity index is 1010. The number of hydrogen-bond acceptors (Lipinski definition) is 5. The molecule has 0 bridgehead atoms. The Morgan fingerprint density at radius 2 is 1.76 bits per heavy atom. The Labute approximate surface area is 192 Å². The van der Waals surface area contributed by atoms with E-state index in [1.54, 1.807) is 4.90 Å². The van der Waals surface area contributed by atoms with Gasteiger partial charge in [0.15, 0.2) is 0 Å². The predicted molar refractivity (Wildman–Crippen MR) is 113 cm³/mol. The Kier molecular flexibility index (Phi) is 6.45. The highest BCUT2D eigenvalue weighted by Crippen LogP contribution is 2.40. The molecular formula is C23H25F6N3O2. The molecule has 3 atom stereocenters. The van der Waals surface area contributed by atoms with Gasteiger partial charge in [-0.15, -0.1) is 0 Å². The molecule has 0 aliphatic carbocycles. The highest BCUT2D eigenvalue weighted by Gasteiger charge is 2.41. The molecule has 11 heteroatoms. The zero-order chi connectivity index (χ0) is 24.7. The first kappa shape index (κ1) is 24.6. The van der Waals surface area contributed by atoms with Crippen molar-refractivity contribution >= 4 is 5.82 Å². The van der Waals surface area contributed by atoms with Crippen molar-refractivity contribution in [1.29, 1.82) is 0 Å². The van der Waals surface area contributed by atoms with Gasteiger partial charge in [-0.25, -0.2) is 4.98 Å². The molecule has 5 nitrogen and oxygen atoms in total. The van der Waals surface area contributed by atoms with Crippen LogP contribution in [-0.4, -0.2) is 41.9 Å². The third-order valence-corrected chi connectivity index (χ3v) is 6.25. The minimum Gasteiger partial charge on any atom is -0.490 e. The maximum Gasteiger partial charge on any atom is 0.420 e. The van der Waals surface area contributed by atoms with Gasteiger partial charge < -0.3 is 20.1 Å². The fraction of sp³-hybridized carbons (Fsp3) is 0.522. The lowest BCUT2D eigenvalue weighted by atomic mass is 9.79. The number of halogens is 6. The van der Waals surface area contributed by atoms with Crippen molar-refractivity contribution in [2.45, 2.75) is 56.2 Å². The SMILES string of the molecule is C[C@H]1C[C@@](O)(c2ccc(C(F)(F)F)cc2)C[C@@H](COc2cnc(N3CCC3)c(C(F)(F)F)c2)N1. The number of piperidine rings is 1. The molecule has 2 aliphatic heterocycles. The second kappa shape index (κ2) is 8.92. The molecule has 2 fully saturated rings. The van der Waals surface area contributed by atoms with Gasteiger partial charge in [0.25, 0.3) is 0 Å². The molecule has 3 heterocycles.